The zero-order valence-corrected chi connectivity index (χ0v) is 12.1. The van der Waals surface area contributed by atoms with Crippen molar-refractivity contribution in [3.8, 4) is 11.1 Å². The zero-order valence-electron chi connectivity index (χ0n) is 12.1. The van der Waals surface area contributed by atoms with E-state index < -0.39 is 0 Å². The minimum atomic E-state index is -0.359. The van der Waals surface area contributed by atoms with E-state index in [-0.39, 0.29) is 5.97 Å². The Labute approximate surface area is 125 Å². The normalized spacial score (nSPS) is 9.95. The molecule has 2 aromatic rings. The molecule has 0 unspecified atom stereocenters. The Balaban J connectivity index is 2.11. The van der Waals surface area contributed by atoms with E-state index in [1.165, 1.54) is 0 Å². The number of hydrogen-bond acceptors (Lipinski definition) is 3. The van der Waals surface area contributed by atoms with E-state index in [4.69, 9.17) is 4.74 Å². The van der Waals surface area contributed by atoms with E-state index in [0.717, 1.165) is 16.8 Å². The van der Waals surface area contributed by atoms with Crippen molar-refractivity contribution in [1.29, 1.82) is 0 Å². The molecule has 3 nitrogen and oxygen atoms in total. The number of ether oxygens (including phenoxy) is 1. The molecule has 2 rings (SSSR count). The monoisotopic (exact) mass is 281 g/mol. The van der Waals surface area contributed by atoms with Gasteiger partial charge in [0, 0.05) is 23.4 Å². The lowest BCUT2D eigenvalue weighted by atomic mass is 10.0. The van der Waals surface area contributed by atoms with Crippen molar-refractivity contribution in [2.45, 2.75) is 6.92 Å². The molecule has 108 valence electrons. The third-order valence-electron chi connectivity index (χ3n) is 3.07. The lowest BCUT2D eigenvalue weighted by Crippen LogP contribution is -2.15. The molecule has 0 heterocycles. The molecule has 0 aliphatic heterocycles. The Bertz CT molecular complexity index is 620. The van der Waals surface area contributed by atoms with Crippen LogP contribution in [0.5, 0.6) is 0 Å². The minimum absolute atomic E-state index is 0.359. The Morgan fingerprint density at radius 2 is 1.76 bits per heavy atom. The predicted octanol–water partition coefficient (Wildman–Crippen LogP) is 3.88. The molecular formula is C18H19NO2. The first-order valence-corrected chi connectivity index (χ1v) is 6.95. The number of carbonyl (C=O) groups is 1. The van der Waals surface area contributed by atoms with E-state index >= 15 is 0 Å². The number of esters is 1. The van der Waals surface area contributed by atoms with Gasteiger partial charge in [-0.25, -0.2) is 4.79 Å². The average molecular weight is 281 g/mol. The summed E-state index contributed by atoms with van der Waals surface area (Å²) in [5, 5.41) is 3.25. The van der Waals surface area contributed by atoms with Gasteiger partial charge in [0.05, 0.1) is 6.61 Å². The predicted molar refractivity (Wildman–Crippen MR) is 86.1 cm³/mol. The molecule has 21 heavy (non-hydrogen) atoms. The minimum Gasteiger partial charge on any atom is -0.463 e. The summed E-state index contributed by atoms with van der Waals surface area (Å²) in [5.41, 5.74) is 3.60. The van der Waals surface area contributed by atoms with Crippen LogP contribution < -0.4 is 5.32 Å². The summed E-state index contributed by atoms with van der Waals surface area (Å²) in [6.07, 6.45) is 0. The molecule has 3 heteroatoms. The summed E-state index contributed by atoms with van der Waals surface area (Å²) in [4.78, 5) is 11.6. The smallest absolute Gasteiger partial charge is 0.335 e. The number of anilines is 1. The molecular weight excluding hydrogens is 262 g/mol. The second kappa shape index (κ2) is 7.29. The molecule has 0 aromatic heterocycles. The van der Waals surface area contributed by atoms with Gasteiger partial charge in [0.1, 0.15) is 0 Å². The fourth-order valence-corrected chi connectivity index (χ4v) is 2.01. The zero-order chi connectivity index (χ0) is 15.1. The molecule has 0 aliphatic carbocycles. The Morgan fingerprint density at radius 3 is 2.48 bits per heavy atom. The van der Waals surface area contributed by atoms with Gasteiger partial charge in [-0.1, -0.05) is 55.1 Å². The number of rotatable bonds is 6. The molecule has 0 aliphatic rings. The van der Waals surface area contributed by atoms with Gasteiger partial charge >= 0.3 is 5.97 Å². The van der Waals surface area contributed by atoms with Crippen LogP contribution in [0.4, 0.5) is 5.69 Å². The maximum atomic E-state index is 11.6. The summed E-state index contributed by atoms with van der Waals surface area (Å²) < 4.78 is 4.93. The van der Waals surface area contributed by atoms with Gasteiger partial charge in [0.2, 0.25) is 0 Å². The van der Waals surface area contributed by atoms with Crippen molar-refractivity contribution in [2.24, 2.45) is 0 Å². The van der Waals surface area contributed by atoms with Gasteiger partial charge in [-0.05, 0) is 18.6 Å². The van der Waals surface area contributed by atoms with Crippen LogP contribution in [0.25, 0.3) is 11.1 Å². The number of benzene rings is 2. The van der Waals surface area contributed by atoms with Crippen LogP contribution in [0.3, 0.4) is 0 Å². The quantitative estimate of drug-likeness (QED) is 0.645. The molecule has 0 amide bonds. The highest BCUT2D eigenvalue weighted by atomic mass is 16.5. The van der Waals surface area contributed by atoms with Gasteiger partial charge in [-0.2, -0.15) is 0 Å². The van der Waals surface area contributed by atoms with Gasteiger partial charge in [0.25, 0.3) is 0 Å². The second-order valence-corrected chi connectivity index (χ2v) is 4.59. The van der Waals surface area contributed by atoms with Crippen LogP contribution in [-0.2, 0) is 9.53 Å². The second-order valence-electron chi connectivity index (χ2n) is 4.59. The molecule has 2 aromatic carbocycles. The first kappa shape index (κ1) is 14.9. The van der Waals surface area contributed by atoms with Gasteiger partial charge < -0.3 is 10.1 Å². The molecule has 0 fully saturated rings. The van der Waals surface area contributed by atoms with Crippen molar-refractivity contribution in [3.63, 3.8) is 0 Å². The summed E-state index contributed by atoms with van der Waals surface area (Å²) in [7, 11) is 0. The topological polar surface area (TPSA) is 38.3 Å². The number of hydrogen-bond donors (Lipinski definition) is 1. The summed E-state index contributed by atoms with van der Waals surface area (Å²) in [6.45, 7) is 6.26. The van der Waals surface area contributed by atoms with E-state index in [1.807, 2.05) is 42.5 Å². The fourth-order valence-electron chi connectivity index (χ4n) is 2.01. The number of carbonyl (C=O) groups excluding carboxylic acids is 1. The molecule has 0 atom stereocenters. The first-order chi connectivity index (χ1) is 10.2. The van der Waals surface area contributed by atoms with Crippen molar-refractivity contribution in [3.05, 3.63) is 66.7 Å². The number of para-hydroxylation sites is 1. The van der Waals surface area contributed by atoms with E-state index in [0.29, 0.717) is 18.7 Å². The van der Waals surface area contributed by atoms with Crippen LogP contribution >= 0.6 is 0 Å². The van der Waals surface area contributed by atoms with E-state index in [2.05, 4.69) is 24.0 Å². The summed E-state index contributed by atoms with van der Waals surface area (Å²) in [5.74, 6) is -0.359. The SMILES string of the molecule is C=C(CNc1ccccc1-c1ccccc1)C(=O)OCC. The Morgan fingerprint density at radius 1 is 1.10 bits per heavy atom. The maximum absolute atomic E-state index is 11.6. The summed E-state index contributed by atoms with van der Waals surface area (Å²) in [6, 6.07) is 18.1. The van der Waals surface area contributed by atoms with Crippen molar-refractivity contribution in [2.75, 3.05) is 18.5 Å². The maximum Gasteiger partial charge on any atom is 0.335 e. The highest BCUT2D eigenvalue weighted by Crippen LogP contribution is 2.27. The first-order valence-electron chi connectivity index (χ1n) is 6.95. The molecule has 0 saturated heterocycles. The van der Waals surface area contributed by atoms with Gasteiger partial charge in [-0.15, -0.1) is 0 Å². The van der Waals surface area contributed by atoms with Crippen molar-refractivity contribution in [1.82, 2.24) is 0 Å². The average Bonchev–Trinajstić information content (AvgIpc) is 2.54. The molecule has 0 bridgehead atoms. The lowest BCUT2D eigenvalue weighted by Gasteiger charge is -2.13. The van der Waals surface area contributed by atoms with Crippen LogP contribution in [0.2, 0.25) is 0 Å². The Kier molecular flexibility index (Phi) is 5.16. The molecule has 0 spiro atoms. The highest BCUT2D eigenvalue weighted by Gasteiger charge is 2.09. The van der Waals surface area contributed by atoms with Gasteiger partial charge in [-0.3, -0.25) is 0 Å². The third-order valence-corrected chi connectivity index (χ3v) is 3.07. The van der Waals surface area contributed by atoms with E-state index in [9.17, 15) is 4.79 Å². The number of nitrogens with one attached hydrogen (secondary N) is 1. The van der Waals surface area contributed by atoms with Crippen LogP contribution in [0.1, 0.15) is 6.92 Å². The Hall–Kier alpha value is -2.55. The largest absolute Gasteiger partial charge is 0.463 e. The van der Waals surface area contributed by atoms with Crippen molar-refractivity contribution >= 4 is 11.7 Å². The van der Waals surface area contributed by atoms with Gasteiger partial charge in [0.15, 0.2) is 0 Å². The molecule has 1 N–H and O–H groups in total. The standard InChI is InChI=1S/C18H19NO2/c1-3-21-18(20)14(2)13-19-17-12-8-7-11-16(17)15-9-5-4-6-10-15/h4-12,19H,2-3,13H2,1H3. The molecule has 0 radical (unpaired) electrons. The third kappa shape index (κ3) is 3.96. The highest BCUT2D eigenvalue weighted by molar-refractivity contribution is 5.89. The lowest BCUT2D eigenvalue weighted by molar-refractivity contribution is -0.138. The van der Waals surface area contributed by atoms with Crippen molar-refractivity contribution < 1.29 is 9.53 Å². The summed E-state index contributed by atoms with van der Waals surface area (Å²) >= 11 is 0. The van der Waals surface area contributed by atoms with Crippen LogP contribution in [0.15, 0.2) is 66.7 Å². The van der Waals surface area contributed by atoms with Crippen LogP contribution in [0, 0.1) is 0 Å². The van der Waals surface area contributed by atoms with E-state index in [1.54, 1.807) is 6.92 Å². The fraction of sp³-hybridized carbons (Fsp3) is 0.167. The molecule has 0 saturated carbocycles. The van der Waals surface area contributed by atoms with Crippen LogP contribution in [-0.4, -0.2) is 19.1 Å².